The first kappa shape index (κ1) is 15.4. The van der Waals surface area contributed by atoms with Gasteiger partial charge in [-0.15, -0.1) is 0 Å². The van der Waals surface area contributed by atoms with Gasteiger partial charge in [-0.3, -0.25) is 9.69 Å². The molecule has 0 aromatic carbocycles. The van der Waals surface area contributed by atoms with Gasteiger partial charge < -0.3 is 4.90 Å². The highest BCUT2D eigenvalue weighted by Gasteiger charge is 2.43. The quantitative estimate of drug-likeness (QED) is 0.731. The highest BCUT2D eigenvalue weighted by Crippen LogP contribution is 2.22. The molecule has 0 radical (unpaired) electrons. The van der Waals surface area contributed by atoms with Gasteiger partial charge in [0.05, 0.1) is 0 Å². The first-order chi connectivity index (χ1) is 7.98. The van der Waals surface area contributed by atoms with E-state index in [1.807, 2.05) is 20.9 Å². The molecular formula is C12H24N2O3S. The Hall–Kier alpha value is -0.620. The molecule has 0 N–H and O–H groups in total. The van der Waals surface area contributed by atoms with Crippen LogP contribution < -0.4 is 0 Å². The molecule has 1 rings (SSSR count). The minimum absolute atomic E-state index is 0.244. The molecule has 1 fully saturated rings. The second-order valence-electron chi connectivity index (χ2n) is 5.86. The lowest BCUT2D eigenvalue weighted by Gasteiger charge is -2.44. The third-order valence-corrected chi connectivity index (χ3v) is 6.12. The van der Waals surface area contributed by atoms with E-state index >= 15 is 0 Å². The Kier molecular flexibility index (Phi) is 4.13. The smallest absolute Gasteiger partial charge is 0.243 e. The summed E-state index contributed by atoms with van der Waals surface area (Å²) in [6, 6.07) is 0.487. The van der Waals surface area contributed by atoms with Gasteiger partial charge in [0.1, 0.15) is 4.75 Å². The fraction of sp³-hybridized carbons (Fsp3) is 0.917. The molecule has 0 spiro atoms. The summed E-state index contributed by atoms with van der Waals surface area (Å²) in [6.07, 6.45) is 1.12. The van der Waals surface area contributed by atoms with Crippen LogP contribution >= 0.6 is 0 Å². The van der Waals surface area contributed by atoms with E-state index in [9.17, 15) is 13.2 Å². The van der Waals surface area contributed by atoms with Gasteiger partial charge in [0.25, 0.3) is 0 Å². The summed E-state index contributed by atoms with van der Waals surface area (Å²) in [5.74, 6) is -0.295. The maximum absolute atomic E-state index is 12.4. The van der Waals surface area contributed by atoms with Gasteiger partial charge in [0, 0.05) is 31.4 Å². The van der Waals surface area contributed by atoms with Crippen molar-refractivity contribution in [2.24, 2.45) is 0 Å². The molecule has 0 bridgehead atoms. The number of carbonyl (C=O) groups excluding carboxylic acids is 1. The molecule has 106 valence electrons. The van der Waals surface area contributed by atoms with E-state index in [-0.39, 0.29) is 18.0 Å². The van der Waals surface area contributed by atoms with Crippen molar-refractivity contribution in [2.45, 2.75) is 44.5 Å². The molecule has 0 aromatic rings. The minimum Gasteiger partial charge on any atom is -0.338 e. The fourth-order valence-electron chi connectivity index (χ4n) is 2.11. The van der Waals surface area contributed by atoms with Crippen LogP contribution in [0.4, 0.5) is 0 Å². The molecule has 1 heterocycles. The maximum Gasteiger partial charge on any atom is 0.243 e. The summed E-state index contributed by atoms with van der Waals surface area (Å²) in [7, 11) is -1.38. The molecule has 1 aliphatic rings. The molecule has 0 unspecified atom stereocenters. The second-order valence-corrected chi connectivity index (χ2v) is 8.42. The zero-order chi connectivity index (χ0) is 14.3. The van der Waals surface area contributed by atoms with Crippen molar-refractivity contribution < 1.29 is 13.2 Å². The zero-order valence-corrected chi connectivity index (χ0v) is 12.9. The minimum atomic E-state index is -3.40. The average Bonchev–Trinajstić information content (AvgIpc) is 2.22. The lowest BCUT2D eigenvalue weighted by atomic mass is 10.1. The molecule has 1 saturated heterocycles. The second kappa shape index (κ2) is 4.81. The number of piperazine rings is 1. The lowest BCUT2D eigenvalue weighted by molar-refractivity contribution is -0.137. The molecule has 1 amide bonds. The van der Waals surface area contributed by atoms with Gasteiger partial charge in [-0.05, 0) is 34.7 Å². The van der Waals surface area contributed by atoms with Crippen molar-refractivity contribution in [1.29, 1.82) is 0 Å². The van der Waals surface area contributed by atoms with Crippen molar-refractivity contribution in [3.63, 3.8) is 0 Å². The summed E-state index contributed by atoms with van der Waals surface area (Å²) >= 11 is 0. The van der Waals surface area contributed by atoms with Crippen LogP contribution in [0.15, 0.2) is 0 Å². The molecule has 0 aliphatic carbocycles. The predicted molar refractivity (Wildman–Crippen MR) is 72.2 cm³/mol. The summed E-state index contributed by atoms with van der Waals surface area (Å²) in [6.45, 7) is 8.22. The molecule has 6 heteroatoms. The van der Waals surface area contributed by atoms with E-state index in [0.29, 0.717) is 13.1 Å². The predicted octanol–water partition coefficient (Wildman–Crippen LogP) is 0.361. The van der Waals surface area contributed by atoms with Crippen molar-refractivity contribution in [2.75, 3.05) is 26.4 Å². The number of rotatable bonds is 2. The van der Waals surface area contributed by atoms with E-state index in [4.69, 9.17) is 0 Å². The van der Waals surface area contributed by atoms with E-state index in [2.05, 4.69) is 4.90 Å². The van der Waals surface area contributed by atoms with Crippen molar-refractivity contribution in [3.8, 4) is 0 Å². The SMILES string of the molecule is C[C@@H]1CN(C(=O)C(C)(C)S(C)(=O)=O)C[C@H](C)N1C. The van der Waals surface area contributed by atoms with Gasteiger partial charge in [-0.1, -0.05) is 0 Å². The monoisotopic (exact) mass is 276 g/mol. The fourth-order valence-corrected chi connectivity index (χ4v) is 2.56. The Morgan fingerprint density at radius 3 is 1.89 bits per heavy atom. The first-order valence-electron chi connectivity index (χ1n) is 6.19. The van der Waals surface area contributed by atoms with E-state index in [0.717, 1.165) is 6.26 Å². The van der Waals surface area contributed by atoms with Crippen LogP contribution in [0.3, 0.4) is 0 Å². The topological polar surface area (TPSA) is 57.7 Å². The number of amides is 1. The highest BCUT2D eigenvalue weighted by atomic mass is 32.2. The molecule has 0 aromatic heterocycles. The number of hydrogen-bond donors (Lipinski definition) is 0. The Balaban J connectivity index is 2.93. The summed E-state index contributed by atoms with van der Waals surface area (Å²) in [5, 5.41) is 0. The number of likely N-dealkylation sites (N-methyl/N-ethyl adjacent to an activating group) is 1. The number of sulfone groups is 1. The van der Waals surface area contributed by atoms with Gasteiger partial charge in [-0.25, -0.2) is 8.42 Å². The summed E-state index contributed by atoms with van der Waals surface area (Å²) in [5.41, 5.74) is 0. The molecule has 2 atom stereocenters. The van der Waals surface area contributed by atoms with Crippen LogP contribution in [0.25, 0.3) is 0 Å². The van der Waals surface area contributed by atoms with Gasteiger partial charge in [-0.2, -0.15) is 0 Å². The summed E-state index contributed by atoms with van der Waals surface area (Å²) in [4.78, 5) is 16.3. The third-order valence-electron chi connectivity index (χ3n) is 4.09. The lowest BCUT2D eigenvalue weighted by Crippen LogP contribution is -2.60. The van der Waals surface area contributed by atoms with E-state index in [1.54, 1.807) is 4.90 Å². The van der Waals surface area contributed by atoms with Crippen molar-refractivity contribution >= 4 is 15.7 Å². The average molecular weight is 276 g/mol. The van der Waals surface area contributed by atoms with Crippen LogP contribution in [-0.2, 0) is 14.6 Å². The van der Waals surface area contributed by atoms with Crippen LogP contribution in [0.2, 0.25) is 0 Å². The standard InChI is InChI=1S/C12H24N2O3S/c1-9-7-14(8-10(2)13(9)5)11(15)12(3,4)18(6,16)17/h9-10H,7-8H2,1-6H3/t9-,10+. The Bertz CT molecular complexity index is 419. The van der Waals surface area contributed by atoms with Crippen molar-refractivity contribution in [1.82, 2.24) is 9.80 Å². The van der Waals surface area contributed by atoms with Gasteiger partial charge in [0.15, 0.2) is 9.84 Å². The number of nitrogens with zero attached hydrogens (tertiary/aromatic N) is 2. The van der Waals surface area contributed by atoms with Gasteiger partial charge in [0.2, 0.25) is 5.91 Å². The molecule has 18 heavy (non-hydrogen) atoms. The zero-order valence-electron chi connectivity index (χ0n) is 12.1. The van der Waals surface area contributed by atoms with E-state index < -0.39 is 14.6 Å². The normalized spacial score (nSPS) is 27.3. The summed E-state index contributed by atoms with van der Waals surface area (Å²) < 4.78 is 22.1. The Morgan fingerprint density at radius 2 is 1.56 bits per heavy atom. The van der Waals surface area contributed by atoms with Crippen LogP contribution in [0.1, 0.15) is 27.7 Å². The molecule has 0 saturated carbocycles. The van der Waals surface area contributed by atoms with Crippen LogP contribution in [-0.4, -0.2) is 67.3 Å². The highest BCUT2D eigenvalue weighted by molar-refractivity contribution is 7.92. The number of hydrogen-bond acceptors (Lipinski definition) is 4. The molecule has 1 aliphatic heterocycles. The Morgan fingerprint density at radius 1 is 1.17 bits per heavy atom. The first-order valence-corrected chi connectivity index (χ1v) is 8.08. The van der Waals surface area contributed by atoms with E-state index in [1.165, 1.54) is 13.8 Å². The largest absolute Gasteiger partial charge is 0.338 e. The van der Waals surface area contributed by atoms with Crippen LogP contribution in [0.5, 0.6) is 0 Å². The molecule has 5 nitrogen and oxygen atoms in total. The number of carbonyl (C=O) groups is 1. The third kappa shape index (κ3) is 2.69. The van der Waals surface area contributed by atoms with Crippen LogP contribution in [0, 0.1) is 0 Å². The Labute approximate surface area is 110 Å². The maximum atomic E-state index is 12.4. The van der Waals surface area contributed by atoms with Gasteiger partial charge >= 0.3 is 0 Å². The van der Waals surface area contributed by atoms with Crippen molar-refractivity contribution in [3.05, 3.63) is 0 Å². The molecular weight excluding hydrogens is 252 g/mol.